The summed E-state index contributed by atoms with van der Waals surface area (Å²) in [5, 5.41) is 23.3. The van der Waals surface area contributed by atoms with Crippen LogP contribution in [0.4, 0.5) is 0 Å². The summed E-state index contributed by atoms with van der Waals surface area (Å²) in [5.41, 5.74) is 2.65. The van der Waals surface area contributed by atoms with Crippen LogP contribution in [0.15, 0.2) is 42.5 Å². The Hall–Kier alpha value is -2.42. The molecule has 0 amide bonds. The summed E-state index contributed by atoms with van der Waals surface area (Å²) in [7, 11) is 0. The Labute approximate surface area is 123 Å². The summed E-state index contributed by atoms with van der Waals surface area (Å²) < 4.78 is 1.60. The van der Waals surface area contributed by atoms with Gasteiger partial charge in [0.2, 0.25) is 11.8 Å². The SMILES string of the molecule is Oc1c2c(c(O)n1-c1cccc3ccccc13)CCCC2. The molecule has 2 aromatic carbocycles. The molecular weight excluding hydrogens is 262 g/mol. The molecule has 3 aromatic rings. The number of hydrogen-bond acceptors (Lipinski definition) is 2. The fourth-order valence-electron chi connectivity index (χ4n) is 3.40. The van der Waals surface area contributed by atoms with Crippen LogP contribution in [0.2, 0.25) is 0 Å². The second kappa shape index (κ2) is 4.55. The van der Waals surface area contributed by atoms with E-state index in [4.69, 9.17) is 0 Å². The van der Waals surface area contributed by atoms with Gasteiger partial charge in [-0.2, -0.15) is 0 Å². The topological polar surface area (TPSA) is 45.4 Å². The minimum Gasteiger partial charge on any atom is -0.494 e. The van der Waals surface area contributed by atoms with E-state index in [0.717, 1.165) is 53.3 Å². The van der Waals surface area contributed by atoms with E-state index in [1.165, 1.54) is 0 Å². The second-order valence-corrected chi connectivity index (χ2v) is 5.65. The van der Waals surface area contributed by atoms with Crippen LogP contribution in [0.1, 0.15) is 24.0 Å². The first-order chi connectivity index (χ1) is 10.3. The highest BCUT2D eigenvalue weighted by molar-refractivity contribution is 5.90. The third-order valence-electron chi connectivity index (χ3n) is 4.44. The maximum atomic E-state index is 10.6. The van der Waals surface area contributed by atoms with Gasteiger partial charge in [-0.1, -0.05) is 36.4 Å². The second-order valence-electron chi connectivity index (χ2n) is 5.65. The zero-order valence-electron chi connectivity index (χ0n) is 11.7. The molecule has 0 saturated heterocycles. The average Bonchev–Trinajstić information content (AvgIpc) is 2.79. The maximum absolute atomic E-state index is 10.6. The molecule has 0 radical (unpaired) electrons. The van der Waals surface area contributed by atoms with Crippen molar-refractivity contribution in [3.05, 3.63) is 53.6 Å². The molecule has 21 heavy (non-hydrogen) atoms. The highest BCUT2D eigenvalue weighted by atomic mass is 16.3. The standard InChI is InChI=1S/C18H17NO2/c20-17-14-9-3-4-10-15(14)18(21)19(17)16-11-5-7-12-6-1-2-8-13(12)16/h1-2,5-8,11,20-21H,3-4,9-10H2. The van der Waals surface area contributed by atoms with Crippen molar-refractivity contribution < 1.29 is 10.2 Å². The van der Waals surface area contributed by atoms with E-state index in [9.17, 15) is 10.2 Å². The van der Waals surface area contributed by atoms with Gasteiger partial charge in [-0.3, -0.25) is 4.57 Å². The summed E-state index contributed by atoms with van der Waals surface area (Å²) in [6.45, 7) is 0. The monoisotopic (exact) mass is 279 g/mol. The minimum atomic E-state index is 0.193. The molecule has 0 spiro atoms. The molecule has 106 valence electrons. The lowest BCUT2D eigenvalue weighted by Gasteiger charge is -2.10. The van der Waals surface area contributed by atoms with Crippen LogP contribution in [-0.4, -0.2) is 14.8 Å². The van der Waals surface area contributed by atoms with E-state index in [2.05, 4.69) is 0 Å². The van der Waals surface area contributed by atoms with Gasteiger partial charge < -0.3 is 10.2 Å². The number of benzene rings is 2. The Morgan fingerprint density at radius 3 is 2.10 bits per heavy atom. The van der Waals surface area contributed by atoms with Crippen LogP contribution in [0, 0.1) is 0 Å². The first kappa shape index (κ1) is 12.3. The molecule has 3 nitrogen and oxygen atoms in total. The highest BCUT2D eigenvalue weighted by Gasteiger charge is 2.25. The zero-order chi connectivity index (χ0) is 14.4. The normalized spacial score (nSPS) is 14.3. The molecule has 1 aliphatic carbocycles. The molecule has 1 heterocycles. The number of nitrogens with zero attached hydrogens (tertiary/aromatic N) is 1. The van der Waals surface area contributed by atoms with Gasteiger partial charge in [0.1, 0.15) is 0 Å². The Morgan fingerprint density at radius 1 is 0.762 bits per heavy atom. The molecule has 0 aliphatic heterocycles. The van der Waals surface area contributed by atoms with Gasteiger partial charge >= 0.3 is 0 Å². The Bertz CT molecular complexity index is 798. The molecular formula is C18H17NO2. The first-order valence-corrected chi connectivity index (χ1v) is 7.40. The van der Waals surface area contributed by atoms with E-state index in [1.54, 1.807) is 4.57 Å². The van der Waals surface area contributed by atoms with Gasteiger partial charge in [-0.15, -0.1) is 0 Å². The third-order valence-corrected chi connectivity index (χ3v) is 4.44. The molecule has 0 atom stereocenters. The maximum Gasteiger partial charge on any atom is 0.202 e. The van der Waals surface area contributed by atoms with Gasteiger partial charge in [0, 0.05) is 16.5 Å². The van der Waals surface area contributed by atoms with Crippen LogP contribution in [0.3, 0.4) is 0 Å². The van der Waals surface area contributed by atoms with Gasteiger partial charge in [0.25, 0.3) is 0 Å². The average molecular weight is 279 g/mol. The van der Waals surface area contributed by atoms with Crippen molar-refractivity contribution in [2.45, 2.75) is 25.7 Å². The van der Waals surface area contributed by atoms with Crippen LogP contribution in [-0.2, 0) is 12.8 Å². The van der Waals surface area contributed by atoms with Crippen LogP contribution < -0.4 is 0 Å². The number of fused-ring (bicyclic) bond motifs is 2. The third kappa shape index (κ3) is 1.74. The molecule has 3 heteroatoms. The lowest BCUT2D eigenvalue weighted by molar-refractivity contribution is 0.400. The lowest BCUT2D eigenvalue weighted by atomic mass is 9.95. The van der Waals surface area contributed by atoms with Gasteiger partial charge in [-0.05, 0) is 37.1 Å². The van der Waals surface area contributed by atoms with E-state index < -0.39 is 0 Å². The Morgan fingerprint density at radius 2 is 1.38 bits per heavy atom. The molecule has 1 aromatic heterocycles. The van der Waals surface area contributed by atoms with Gasteiger partial charge in [-0.25, -0.2) is 0 Å². The number of rotatable bonds is 1. The summed E-state index contributed by atoms with van der Waals surface area (Å²) >= 11 is 0. The highest BCUT2D eigenvalue weighted by Crippen LogP contribution is 2.42. The fourth-order valence-corrected chi connectivity index (χ4v) is 3.40. The molecule has 4 rings (SSSR count). The summed E-state index contributed by atoms with van der Waals surface area (Å²) in [5.74, 6) is 0.386. The Kier molecular flexibility index (Phi) is 2.67. The van der Waals surface area contributed by atoms with Crippen molar-refractivity contribution in [2.24, 2.45) is 0 Å². The molecule has 0 unspecified atom stereocenters. The van der Waals surface area contributed by atoms with Crippen molar-refractivity contribution in [1.82, 2.24) is 4.57 Å². The van der Waals surface area contributed by atoms with Crippen molar-refractivity contribution in [1.29, 1.82) is 0 Å². The van der Waals surface area contributed by atoms with Crippen LogP contribution in [0.25, 0.3) is 16.5 Å². The number of aromatic hydroxyl groups is 2. The van der Waals surface area contributed by atoms with Gasteiger partial charge in [0.05, 0.1) is 5.69 Å². The molecule has 0 saturated carbocycles. The molecule has 1 aliphatic rings. The molecule has 0 fully saturated rings. The van der Waals surface area contributed by atoms with E-state index in [-0.39, 0.29) is 11.8 Å². The van der Waals surface area contributed by atoms with E-state index in [1.807, 2.05) is 42.5 Å². The van der Waals surface area contributed by atoms with Gasteiger partial charge in [0.15, 0.2) is 0 Å². The van der Waals surface area contributed by atoms with Crippen molar-refractivity contribution in [3.63, 3.8) is 0 Å². The quantitative estimate of drug-likeness (QED) is 0.709. The fraction of sp³-hybridized carbons (Fsp3) is 0.222. The predicted octanol–water partition coefficient (Wildman–Crippen LogP) is 3.92. The van der Waals surface area contributed by atoms with E-state index >= 15 is 0 Å². The van der Waals surface area contributed by atoms with Crippen molar-refractivity contribution in [3.8, 4) is 17.4 Å². The first-order valence-electron chi connectivity index (χ1n) is 7.40. The summed E-state index contributed by atoms with van der Waals surface area (Å²) in [4.78, 5) is 0. The van der Waals surface area contributed by atoms with Crippen molar-refractivity contribution in [2.75, 3.05) is 0 Å². The van der Waals surface area contributed by atoms with Crippen LogP contribution >= 0.6 is 0 Å². The molecule has 2 N–H and O–H groups in total. The number of aromatic nitrogens is 1. The Balaban J connectivity index is 2.04. The lowest BCUT2D eigenvalue weighted by Crippen LogP contribution is -1.98. The van der Waals surface area contributed by atoms with E-state index in [0.29, 0.717) is 0 Å². The van der Waals surface area contributed by atoms with Crippen molar-refractivity contribution >= 4 is 10.8 Å². The largest absolute Gasteiger partial charge is 0.494 e. The summed E-state index contributed by atoms with van der Waals surface area (Å²) in [6, 6.07) is 14.0. The smallest absolute Gasteiger partial charge is 0.202 e. The zero-order valence-corrected chi connectivity index (χ0v) is 11.7. The number of hydrogen-bond donors (Lipinski definition) is 2. The predicted molar refractivity (Wildman–Crippen MR) is 83.2 cm³/mol. The molecule has 0 bridgehead atoms. The minimum absolute atomic E-state index is 0.193. The summed E-state index contributed by atoms with van der Waals surface area (Å²) in [6.07, 6.45) is 3.82. The van der Waals surface area contributed by atoms with Crippen LogP contribution in [0.5, 0.6) is 11.8 Å².